The van der Waals surface area contributed by atoms with Crippen molar-refractivity contribution in [3.8, 4) is 0 Å². The minimum absolute atomic E-state index is 0.0207. The molecule has 0 aliphatic carbocycles. The Morgan fingerprint density at radius 2 is 1.97 bits per heavy atom. The van der Waals surface area contributed by atoms with E-state index in [1.165, 1.54) is 0 Å². The van der Waals surface area contributed by atoms with E-state index in [1.807, 2.05) is 24.3 Å². The van der Waals surface area contributed by atoms with Gasteiger partial charge in [0.25, 0.3) is 0 Å². The highest BCUT2D eigenvalue weighted by atomic mass is 33.1. The number of nitrogens with one attached hydrogen (secondary N) is 2. The normalized spacial score (nSPS) is 29.4. The Balaban J connectivity index is 1.54. The first kappa shape index (κ1) is 21.5. The lowest BCUT2D eigenvalue weighted by Gasteiger charge is -2.38. The number of ether oxygens (including phenoxy) is 1. The quantitative estimate of drug-likeness (QED) is 0.437. The lowest BCUT2D eigenvalue weighted by Crippen LogP contribution is -2.59. The molecule has 4 atom stereocenters. The maximum absolute atomic E-state index is 13.5. The zero-order valence-electron chi connectivity index (χ0n) is 16.5. The third-order valence-corrected chi connectivity index (χ3v) is 8.13. The summed E-state index contributed by atoms with van der Waals surface area (Å²) >= 11 is 0. The summed E-state index contributed by atoms with van der Waals surface area (Å²) in [7, 11) is 3.29. The number of hydrogen-bond donors (Lipinski definition) is 3. The molecule has 0 bridgehead atoms. The molecule has 0 radical (unpaired) electrons. The van der Waals surface area contributed by atoms with Crippen molar-refractivity contribution in [2.45, 2.75) is 43.6 Å². The molecular formula is C20H26N4O4S2. The van der Waals surface area contributed by atoms with E-state index in [2.05, 4.69) is 10.6 Å². The Morgan fingerprint density at radius 3 is 2.73 bits per heavy atom. The summed E-state index contributed by atoms with van der Waals surface area (Å²) in [4.78, 5) is 40.1. The fraction of sp³-hybridized carbons (Fsp3) is 0.550. The number of benzene rings is 1. The maximum atomic E-state index is 13.5. The van der Waals surface area contributed by atoms with E-state index in [9.17, 15) is 14.4 Å². The van der Waals surface area contributed by atoms with Gasteiger partial charge in [0.05, 0.1) is 12.6 Å². The molecule has 0 aromatic heterocycles. The van der Waals surface area contributed by atoms with Crippen LogP contribution < -0.4 is 16.4 Å². The van der Waals surface area contributed by atoms with Crippen LogP contribution in [0.25, 0.3) is 0 Å². The van der Waals surface area contributed by atoms with E-state index in [0.29, 0.717) is 38.3 Å². The third-order valence-electron chi connectivity index (χ3n) is 5.61. The molecule has 1 aromatic carbocycles. The van der Waals surface area contributed by atoms with Gasteiger partial charge >= 0.3 is 5.97 Å². The van der Waals surface area contributed by atoms with Gasteiger partial charge in [0.1, 0.15) is 12.1 Å². The largest absolute Gasteiger partial charge is 0.464 e. The molecule has 1 aromatic rings. The summed E-state index contributed by atoms with van der Waals surface area (Å²) in [5.41, 5.74) is 8.15. The predicted octanol–water partition coefficient (Wildman–Crippen LogP) is 0.0521. The Hall–Kier alpha value is -1.75. The highest BCUT2D eigenvalue weighted by Gasteiger charge is 2.39. The number of amides is 2. The van der Waals surface area contributed by atoms with Crippen LogP contribution in [0.5, 0.6) is 0 Å². The minimum atomic E-state index is -0.667. The number of cyclic esters (lactones) is 1. The zero-order valence-corrected chi connectivity index (χ0v) is 18.2. The average molecular weight is 451 g/mol. The molecular weight excluding hydrogens is 424 g/mol. The number of hydrogen-bond acceptors (Lipinski definition) is 8. The summed E-state index contributed by atoms with van der Waals surface area (Å²) in [6, 6.07) is 6.11. The van der Waals surface area contributed by atoms with Crippen LogP contribution in [0.2, 0.25) is 0 Å². The van der Waals surface area contributed by atoms with Crippen molar-refractivity contribution < 1.29 is 19.1 Å². The van der Waals surface area contributed by atoms with Gasteiger partial charge in [-0.1, -0.05) is 45.9 Å². The smallest absolute Gasteiger partial charge is 0.328 e. The highest BCUT2D eigenvalue weighted by molar-refractivity contribution is 8.76. The van der Waals surface area contributed by atoms with Crippen LogP contribution >= 0.6 is 21.6 Å². The zero-order chi connectivity index (χ0) is 21.1. The molecule has 10 heteroatoms. The summed E-state index contributed by atoms with van der Waals surface area (Å²) in [6.07, 6.45) is 0.876. The van der Waals surface area contributed by atoms with E-state index < -0.39 is 24.1 Å². The van der Waals surface area contributed by atoms with Crippen molar-refractivity contribution in [1.29, 1.82) is 0 Å². The van der Waals surface area contributed by atoms with E-state index >= 15 is 0 Å². The molecule has 8 nitrogen and oxygen atoms in total. The number of nitrogens with two attached hydrogens (primary N) is 1. The van der Waals surface area contributed by atoms with E-state index in [0.717, 1.165) is 16.9 Å². The summed E-state index contributed by atoms with van der Waals surface area (Å²) < 4.78 is 4.95. The first-order chi connectivity index (χ1) is 14.5. The van der Waals surface area contributed by atoms with Gasteiger partial charge < -0.3 is 26.0 Å². The number of nitrogens with zero attached hydrogens (tertiary/aromatic N) is 1. The van der Waals surface area contributed by atoms with Crippen LogP contribution in [0.15, 0.2) is 24.3 Å². The Bertz CT molecular complexity index is 824. The number of esters is 1. The van der Waals surface area contributed by atoms with Crippen LogP contribution in [0.1, 0.15) is 17.5 Å². The van der Waals surface area contributed by atoms with Gasteiger partial charge in [-0.25, -0.2) is 4.79 Å². The van der Waals surface area contributed by atoms with Gasteiger partial charge in [0.2, 0.25) is 11.8 Å². The molecule has 4 unspecified atom stereocenters. The molecule has 3 heterocycles. The van der Waals surface area contributed by atoms with Crippen LogP contribution in [0.3, 0.4) is 0 Å². The highest BCUT2D eigenvalue weighted by Crippen LogP contribution is 2.28. The summed E-state index contributed by atoms with van der Waals surface area (Å²) in [6.45, 7) is 1.23. The van der Waals surface area contributed by atoms with Gasteiger partial charge in [-0.3, -0.25) is 9.59 Å². The van der Waals surface area contributed by atoms with Crippen molar-refractivity contribution in [2.75, 3.05) is 24.7 Å². The fourth-order valence-corrected chi connectivity index (χ4v) is 6.30. The Kier molecular flexibility index (Phi) is 6.87. The van der Waals surface area contributed by atoms with Gasteiger partial charge in [-0.05, 0) is 11.1 Å². The molecule has 162 valence electrons. The SMILES string of the molecule is NC1CNC(C(=O)N2Cc3ccccc3CC2C(=O)NC2CCOC2=O)CSSC1. The Labute approximate surface area is 183 Å². The topological polar surface area (TPSA) is 114 Å². The lowest BCUT2D eigenvalue weighted by molar-refractivity contribution is -0.145. The molecule has 0 spiro atoms. The van der Waals surface area contributed by atoms with Crippen LogP contribution in [-0.4, -0.2) is 71.5 Å². The molecule has 4 rings (SSSR count). The standard InChI is InChI=1S/C20H26N4O4S2/c21-14-8-22-16(11-30-29-10-14)19(26)24-9-13-4-2-1-3-12(13)7-17(24)18(25)23-15-5-6-28-20(15)27/h1-4,14-17,22H,5-11,21H2,(H,23,25). The number of rotatable bonds is 3. The molecule has 2 fully saturated rings. The van der Waals surface area contributed by atoms with Crippen LogP contribution in [0.4, 0.5) is 0 Å². The number of fused-ring (bicyclic) bond motifs is 1. The molecule has 2 saturated heterocycles. The van der Waals surface area contributed by atoms with Gasteiger partial charge in [-0.2, -0.15) is 0 Å². The van der Waals surface area contributed by atoms with Crippen LogP contribution in [-0.2, 0) is 32.1 Å². The second-order valence-corrected chi connectivity index (χ2v) is 10.3. The van der Waals surface area contributed by atoms with Crippen molar-refractivity contribution in [1.82, 2.24) is 15.5 Å². The molecule has 30 heavy (non-hydrogen) atoms. The number of carbonyl (C=O) groups excluding carboxylic acids is 3. The molecule has 4 N–H and O–H groups in total. The van der Waals surface area contributed by atoms with Crippen LogP contribution in [0, 0.1) is 0 Å². The molecule has 3 aliphatic rings. The fourth-order valence-electron chi connectivity index (χ4n) is 3.91. The van der Waals surface area contributed by atoms with Crippen molar-refractivity contribution >= 4 is 39.4 Å². The second-order valence-electron chi connectivity index (χ2n) is 7.76. The van der Waals surface area contributed by atoms with Gasteiger partial charge in [0, 0.05) is 43.5 Å². The molecule has 0 saturated carbocycles. The summed E-state index contributed by atoms with van der Waals surface area (Å²) in [5.74, 6) is 0.601. The average Bonchev–Trinajstić information content (AvgIpc) is 3.14. The van der Waals surface area contributed by atoms with Gasteiger partial charge in [-0.15, -0.1) is 0 Å². The lowest BCUT2D eigenvalue weighted by atomic mass is 9.92. The monoisotopic (exact) mass is 450 g/mol. The van der Waals surface area contributed by atoms with E-state index in [-0.39, 0.29) is 17.9 Å². The second kappa shape index (κ2) is 9.59. The van der Waals surface area contributed by atoms with E-state index in [1.54, 1.807) is 26.5 Å². The number of carbonyl (C=O) groups is 3. The maximum Gasteiger partial charge on any atom is 0.328 e. The first-order valence-electron chi connectivity index (χ1n) is 10.1. The van der Waals surface area contributed by atoms with Crippen molar-refractivity contribution in [3.63, 3.8) is 0 Å². The molecule has 3 aliphatic heterocycles. The van der Waals surface area contributed by atoms with Crippen molar-refractivity contribution in [3.05, 3.63) is 35.4 Å². The van der Waals surface area contributed by atoms with E-state index in [4.69, 9.17) is 10.5 Å². The predicted molar refractivity (Wildman–Crippen MR) is 117 cm³/mol. The first-order valence-corrected chi connectivity index (χ1v) is 12.6. The minimum Gasteiger partial charge on any atom is -0.464 e. The van der Waals surface area contributed by atoms with Gasteiger partial charge in [0.15, 0.2) is 0 Å². The third kappa shape index (κ3) is 4.77. The molecule has 2 amide bonds. The Morgan fingerprint density at radius 1 is 1.20 bits per heavy atom. The van der Waals surface area contributed by atoms with Crippen molar-refractivity contribution in [2.24, 2.45) is 5.73 Å². The summed E-state index contributed by atoms with van der Waals surface area (Å²) in [5, 5.41) is 6.07.